The Labute approximate surface area is 169 Å². The molecular formula is C21H24N6O2. The van der Waals surface area contributed by atoms with E-state index in [0.29, 0.717) is 17.4 Å². The first-order valence-corrected chi connectivity index (χ1v) is 9.83. The van der Waals surface area contributed by atoms with Gasteiger partial charge < -0.3 is 9.42 Å². The van der Waals surface area contributed by atoms with Crippen molar-refractivity contribution in [1.29, 1.82) is 0 Å². The highest BCUT2D eigenvalue weighted by molar-refractivity contribution is 5.93. The van der Waals surface area contributed by atoms with Gasteiger partial charge in [0, 0.05) is 37.7 Å². The first-order chi connectivity index (χ1) is 13.9. The second kappa shape index (κ2) is 6.52. The molecule has 150 valence electrons. The van der Waals surface area contributed by atoms with Crippen LogP contribution in [0.2, 0.25) is 0 Å². The largest absolute Gasteiger partial charge is 0.337 e. The summed E-state index contributed by atoms with van der Waals surface area (Å²) >= 11 is 0. The van der Waals surface area contributed by atoms with E-state index < -0.39 is 0 Å². The second-order valence-corrected chi connectivity index (χ2v) is 8.41. The fraction of sp³-hybridized carbons (Fsp3) is 0.429. The molecule has 2 aromatic heterocycles. The molecule has 1 atom stereocenters. The van der Waals surface area contributed by atoms with Gasteiger partial charge in [0.2, 0.25) is 11.7 Å². The predicted octanol–water partition coefficient (Wildman–Crippen LogP) is 2.30. The van der Waals surface area contributed by atoms with Crippen LogP contribution in [-0.4, -0.2) is 62.3 Å². The van der Waals surface area contributed by atoms with Crippen molar-refractivity contribution in [3.8, 4) is 11.4 Å². The molecule has 5 rings (SSSR count). The van der Waals surface area contributed by atoms with E-state index in [1.165, 1.54) is 0 Å². The Morgan fingerprint density at radius 1 is 1.17 bits per heavy atom. The van der Waals surface area contributed by atoms with Crippen molar-refractivity contribution in [3.63, 3.8) is 0 Å². The van der Waals surface area contributed by atoms with Gasteiger partial charge >= 0.3 is 0 Å². The summed E-state index contributed by atoms with van der Waals surface area (Å²) in [5, 5.41) is 8.45. The van der Waals surface area contributed by atoms with E-state index in [-0.39, 0.29) is 17.4 Å². The fourth-order valence-electron chi connectivity index (χ4n) is 4.73. The molecule has 2 aliphatic rings. The van der Waals surface area contributed by atoms with E-state index in [1.54, 1.807) is 4.68 Å². The highest BCUT2D eigenvalue weighted by Gasteiger charge is 2.53. The van der Waals surface area contributed by atoms with Crippen molar-refractivity contribution < 1.29 is 9.32 Å². The van der Waals surface area contributed by atoms with Gasteiger partial charge in [-0.2, -0.15) is 10.1 Å². The molecule has 1 spiro atoms. The maximum atomic E-state index is 12.8. The van der Waals surface area contributed by atoms with E-state index in [4.69, 9.17) is 4.52 Å². The molecule has 0 aliphatic carbocycles. The van der Waals surface area contributed by atoms with Crippen LogP contribution in [0.5, 0.6) is 0 Å². The molecule has 2 fully saturated rings. The van der Waals surface area contributed by atoms with E-state index >= 15 is 0 Å². The number of carbonyl (C=O) groups excluding carboxylic acids is 1. The first kappa shape index (κ1) is 18.1. The summed E-state index contributed by atoms with van der Waals surface area (Å²) in [7, 11) is 3.90. The lowest BCUT2D eigenvalue weighted by atomic mass is 9.77. The third-order valence-corrected chi connectivity index (χ3v) is 6.06. The maximum absolute atomic E-state index is 12.8. The number of hydrogen-bond acceptors (Lipinski definition) is 6. The smallest absolute Gasteiger partial charge is 0.272 e. The lowest BCUT2D eigenvalue weighted by Gasteiger charge is -2.48. The lowest BCUT2D eigenvalue weighted by molar-refractivity contribution is 0.0106. The zero-order valence-corrected chi connectivity index (χ0v) is 16.9. The Morgan fingerprint density at radius 2 is 1.93 bits per heavy atom. The molecular weight excluding hydrogens is 368 g/mol. The van der Waals surface area contributed by atoms with Crippen LogP contribution in [0.1, 0.15) is 34.5 Å². The molecule has 0 radical (unpaired) electrons. The third-order valence-electron chi connectivity index (χ3n) is 6.06. The summed E-state index contributed by atoms with van der Waals surface area (Å²) in [4.78, 5) is 21.6. The molecule has 0 N–H and O–H groups in total. The van der Waals surface area contributed by atoms with Crippen LogP contribution in [-0.2, 0) is 7.05 Å². The minimum Gasteiger partial charge on any atom is -0.337 e. The molecule has 8 heteroatoms. The first-order valence-electron chi connectivity index (χ1n) is 9.83. The van der Waals surface area contributed by atoms with Gasteiger partial charge in [0.1, 0.15) is 5.69 Å². The molecule has 3 aromatic rings. The van der Waals surface area contributed by atoms with Gasteiger partial charge in [0.15, 0.2) is 0 Å². The van der Waals surface area contributed by atoms with Crippen LogP contribution in [0.15, 0.2) is 40.9 Å². The predicted molar refractivity (Wildman–Crippen MR) is 106 cm³/mol. The van der Waals surface area contributed by atoms with E-state index in [2.05, 4.69) is 27.2 Å². The number of carbonyl (C=O) groups is 1. The Hall–Kier alpha value is -3.00. The number of benzene rings is 1. The normalized spacial score (nSPS) is 20.9. The van der Waals surface area contributed by atoms with Crippen molar-refractivity contribution in [1.82, 2.24) is 29.7 Å². The van der Waals surface area contributed by atoms with Crippen molar-refractivity contribution in [2.45, 2.75) is 19.4 Å². The molecule has 0 saturated carbocycles. The molecule has 1 aromatic carbocycles. The standard InChI is InChI=1S/C21H24N6O2/c1-14-9-16(26(3)23-14)20(28)27-12-21(13-27)10-17(25(2)11-21)19-22-18(24-29-19)15-7-5-4-6-8-15/h4-9,17H,10-13H2,1-3H3. The summed E-state index contributed by atoms with van der Waals surface area (Å²) in [6, 6.07) is 11.8. The van der Waals surface area contributed by atoms with Crippen LogP contribution in [0.4, 0.5) is 0 Å². The van der Waals surface area contributed by atoms with Crippen LogP contribution >= 0.6 is 0 Å². The highest BCUT2D eigenvalue weighted by atomic mass is 16.5. The van der Waals surface area contributed by atoms with Gasteiger partial charge in [0.25, 0.3) is 5.91 Å². The molecule has 1 amide bonds. The minimum absolute atomic E-state index is 0.0500. The van der Waals surface area contributed by atoms with Crippen molar-refractivity contribution in [2.24, 2.45) is 12.5 Å². The molecule has 0 bridgehead atoms. The quantitative estimate of drug-likeness (QED) is 0.680. The van der Waals surface area contributed by atoms with E-state index in [1.807, 2.05) is 55.3 Å². The number of rotatable bonds is 3. The topological polar surface area (TPSA) is 80.3 Å². The Balaban J connectivity index is 1.28. The van der Waals surface area contributed by atoms with Crippen LogP contribution < -0.4 is 0 Å². The molecule has 2 aliphatic heterocycles. The SMILES string of the molecule is Cc1cc(C(=O)N2CC3(CC(c4nc(-c5ccccc5)no4)N(C)C3)C2)n(C)n1. The third kappa shape index (κ3) is 3.04. The van der Waals surface area contributed by atoms with E-state index in [9.17, 15) is 4.79 Å². The Bertz CT molecular complexity index is 1050. The number of nitrogens with zero attached hydrogens (tertiary/aromatic N) is 6. The van der Waals surface area contributed by atoms with Gasteiger partial charge in [-0.15, -0.1) is 0 Å². The molecule has 1 unspecified atom stereocenters. The Morgan fingerprint density at radius 3 is 2.62 bits per heavy atom. The number of hydrogen-bond donors (Lipinski definition) is 0. The average molecular weight is 392 g/mol. The van der Waals surface area contributed by atoms with Crippen molar-refractivity contribution in [3.05, 3.63) is 53.7 Å². The summed E-state index contributed by atoms with van der Waals surface area (Å²) in [6.45, 7) is 4.31. The average Bonchev–Trinajstić information content (AvgIpc) is 3.37. The van der Waals surface area contributed by atoms with Gasteiger partial charge in [0.05, 0.1) is 11.7 Å². The zero-order chi connectivity index (χ0) is 20.2. The summed E-state index contributed by atoms with van der Waals surface area (Å²) in [5.41, 5.74) is 2.54. The molecule has 29 heavy (non-hydrogen) atoms. The maximum Gasteiger partial charge on any atom is 0.272 e. The monoisotopic (exact) mass is 392 g/mol. The lowest BCUT2D eigenvalue weighted by Crippen LogP contribution is -2.59. The van der Waals surface area contributed by atoms with Crippen LogP contribution in [0, 0.1) is 12.3 Å². The van der Waals surface area contributed by atoms with E-state index in [0.717, 1.165) is 37.3 Å². The fourth-order valence-corrected chi connectivity index (χ4v) is 4.73. The van der Waals surface area contributed by atoms with Gasteiger partial charge in [-0.25, -0.2) is 0 Å². The molecule has 4 heterocycles. The van der Waals surface area contributed by atoms with Crippen molar-refractivity contribution >= 4 is 5.91 Å². The van der Waals surface area contributed by atoms with Gasteiger partial charge in [-0.05, 0) is 26.5 Å². The second-order valence-electron chi connectivity index (χ2n) is 8.41. The van der Waals surface area contributed by atoms with Crippen molar-refractivity contribution in [2.75, 3.05) is 26.7 Å². The summed E-state index contributed by atoms with van der Waals surface area (Å²) in [6.07, 6.45) is 0.911. The number of aromatic nitrogens is 4. The summed E-state index contributed by atoms with van der Waals surface area (Å²) in [5.74, 6) is 1.32. The van der Waals surface area contributed by atoms with Gasteiger partial charge in [-0.3, -0.25) is 14.4 Å². The molecule has 8 nitrogen and oxygen atoms in total. The minimum atomic E-state index is 0.0500. The highest BCUT2D eigenvalue weighted by Crippen LogP contribution is 2.47. The summed E-state index contributed by atoms with van der Waals surface area (Å²) < 4.78 is 7.26. The molecule has 2 saturated heterocycles. The van der Waals surface area contributed by atoms with Crippen LogP contribution in [0.25, 0.3) is 11.4 Å². The number of aryl methyl sites for hydroxylation is 2. The zero-order valence-electron chi connectivity index (χ0n) is 16.9. The number of amides is 1. The Kier molecular flexibility index (Phi) is 4.06. The number of likely N-dealkylation sites (tertiary alicyclic amines) is 2. The van der Waals surface area contributed by atoms with Gasteiger partial charge in [-0.1, -0.05) is 35.5 Å². The van der Waals surface area contributed by atoms with Crippen LogP contribution in [0.3, 0.4) is 0 Å².